The predicted molar refractivity (Wildman–Crippen MR) is 77.3 cm³/mol. The van der Waals surface area contributed by atoms with E-state index in [1.807, 2.05) is 12.4 Å². The summed E-state index contributed by atoms with van der Waals surface area (Å²) in [5.74, 6) is 0.660. The molecule has 5 heteroatoms. The van der Waals surface area contributed by atoms with Gasteiger partial charge in [0, 0.05) is 23.3 Å². The fraction of sp³-hybridized carbons (Fsp3) is 0.400. The summed E-state index contributed by atoms with van der Waals surface area (Å²) >= 11 is 0. The van der Waals surface area contributed by atoms with Crippen LogP contribution in [-0.2, 0) is 0 Å². The van der Waals surface area contributed by atoms with Gasteiger partial charge in [0.05, 0.1) is 11.9 Å². The monoisotopic (exact) mass is 267 g/mol. The normalized spacial score (nSPS) is 16.8. The molecule has 0 unspecified atom stereocenters. The Morgan fingerprint density at radius 1 is 1.10 bits per heavy atom. The average molecular weight is 267 g/mol. The Morgan fingerprint density at radius 2 is 2.00 bits per heavy atom. The lowest BCUT2D eigenvalue weighted by atomic mass is 9.84. The van der Waals surface area contributed by atoms with Crippen molar-refractivity contribution in [2.24, 2.45) is 0 Å². The van der Waals surface area contributed by atoms with Gasteiger partial charge in [-0.2, -0.15) is 10.2 Å². The highest BCUT2D eigenvalue weighted by Gasteiger charge is 2.18. The van der Waals surface area contributed by atoms with Crippen molar-refractivity contribution >= 4 is 11.0 Å². The minimum absolute atomic E-state index is 0.660. The number of fused-ring (bicyclic) bond motifs is 1. The molecule has 4 rings (SSSR count). The van der Waals surface area contributed by atoms with E-state index in [4.69, 9.17) is 0 Å². The zero-order valence-corrected chi connectivity index (χ0v) is 11.3. The first-order valence-electron chi connectivity index (χ1n) is 7.25. The highest BCUT2D eigenvalue weighted by atomic mass is 15.2. The summed E-state index contributed by atoms with van der Waals surface area (Å²) in [4.78, 5) is 4.51. The Bertz CT molecular complexity index is 707. The maximum atomic E-state index is 4.51. The Kier molecular flexibility index (Phi) is 2.76. The van der Waals surface area contributed by atoms with Crippen LogP contribution in [0.15, 0.2) is 24.7 Å². The van der Waals surface area contributed by atoms with Gasteiger partial charge in [-0.25, -0.2) is 4.98 Å². The summed E-state index contributed by atoms with van der Waals surface area (Å²) in [6.07, 6.45) is 12.3. The van der Waals surface area contributed by atoms with Crippen molar-refractivity contribution in [2.75, 3.05) is 0 Å². The molecule has 1 aliphatic carbocycles. The molecular formula is C15H17N5. The van der Waals surface area contributed by atoms with Crippen LogP contribution in [0.1, 0.15) is 43.6 Å². The lowest BCUT2D eigenvalue weighted by molar-refractivity contribution is 0.443. The van der Waals surface area contributed by atoms with E-state index < -0.39 is 0 Å². The van der Waals surface area contributed by atoms with E-state index in [2.05, 4.69) is 31.4 Å². The molecule has 3 aromatic rings. The van der Waals surface area contributed by atoms with Crippen molar-refractivity contribution in [3.63, 3.8) is 0 Å². The zero-order chi connectivity index (χ0) is 13.4. The van der Waals surface area contributed by atoms with Crippen molar-refractivity contribution < 1.29 is 0 Å². The highest BCUT2D eigenvalue weighted by Crippen LogP contribution is 2.34. The summed E-state index contributed by atoms with van der Waals surface area (Å²) in [6.45, 7) is 0. The molecule has 2 N–H and O–H groups in total. The van der Waals surface area contributed by atoms with Gasteiger partial charge < -0.3 is 0 Å². The number of nitrogens with zero attached hydrogens (tertiary/aromatic N) is 3. The Labute approximate surface area is 116 Å². The molecule has 0 radical (unpaired) electrons. The van der Waals surface area contributed by atoms with E-state index in [0.717, 1.165) is 22.3 Å². The molecule has 0 saturated heterocycles. The predicted octanol–water partition coefficient (Wildman–Crippen LogP) is 3.40. The molecule has 5 nitrogen and oxygen atoms in total. The Balaban J connectivity index is 1.79. The largest absolute Gasteiger partial charge is 0.285 e. The fourth-order valence-electron chi connectivity index (χ4n) is 3.18. The third kappa shape index (κ3) is 1.90. The van der Waals surface area contributed by atoms with Crippen LogP contribution in [0.4, 0.5) is 0 Å². The number of rotatable bonds is 2. The molecule has 0 aromatic carbocycles. The lowest BCUT2D eigenvalue weighted by Crippen LogP contribution is -2.04. The first-order valence-corrected chi connectivity index (χ1v) is 7.25. The highest BCUT2D eigenvalue weighted by molar-refractivity contribution is 5.90. The number of pyridine rings is 1. The second-order valence-corrected chi connectivity index (χ2v) is 5.56. The van der Waals surface area contributed by atoms with Crippen molar-refractivity contribution in [1.29, 1.82) is 0 Å². The Hall–Kier alpha value is -2.17. The van der Waals surface area contributed by atoms with Crippen LogP contribution in [0.2, 0.25) is 0 Å². The summed E-state index contributed by atoms with van der Waals surface area (Å²) < 4.78 is 0. The molecule has 3 heterocycles. The molecule has 102 valence electrons. The van der Waals surface area contributed by atoms with Crippen molar-refractivity contribution in [2.45, 2.75) is 38.0 Å². The summed E-state index contributed by atoms with van der Waals surface area (Å²) in [7, 11) is 0. The third-order valence-electron chi connectivity index (χ3n) is 4.29. The molecule has 3 aromatic heterocycles. The van der Waals surface area contributed by atoms with Gasteiger partial charge in [0.15, 0.2) is 5.65 Å². The topological polar surface area (TPSA) is 70.2 Å². The van der Waals surface area contributed by atoms with Crippen molar-refractivity contribution in [3.05, 3.63) is 30.2 Å². The average Bonchev–Trinajstić information content (AvgIpc) is 3.16. The molecule has 1 fully saturated rings. The maximum Gasteiger partial charge on any atom is 0.181 e. The number of aromatic nitrogens is 5. The number of H-pyrrole nitrogens is 2. The maximum absolute atomic E-state index is 4.51. The van der Waals surface area contributed by atoms with E-state index >= 15 is 0 Å². The smallest absolute Gasteiger partial charge is 0.181 e. The number of aromatic amines is 2. The standard InChI is InChI=1S/C15H17N5/c1-2-4-10(5-3-1)11-6-13-14(12-8-17-18-9-12)19-20-15(13)16-7-11/h6-10H,1-5H2,(H,17,18)(H,16,19,20). The molecule has 0 amide bonds. The van der Waals surface area contributed by atoms with E-state index in [0.29, 0.717) is 5.92 Å². The van der Waals surface area contributed by atoms with E-state index in [-0.39, 0.29) is 0 Å². The molecule has 0 bridgehead atoms. The van der Waals surface area contributed by atoms with Crippen LogP contribution in [0, 0.1) is 0 Å². The lowest BCUT2D eigenvalue weighted by Gasteiger charge is -2.21. The molecular weight excluding hydrogens is 250 g/mol. The van der Waals surface area contributed by atoms with E-state index in [9.17, 15) is 0 Å². The summed E-state index contributed by atoms with van der Waals surface area (Å²) in [5, 5.41) is 15.3. The van der Waals surface area contributed by atoms with Crippen LogP contribution in [0.5, 0.6) is 0 Å². The molecule has 0 atom stereocenters. The minimum atomic E-state index is 0.660. The van der Waals surface area contributed by atoms with Gasteiger partial charge in [-0.1, -0.05) is 19.3 Å². The van der Waals surface area contributed by atoms with Crippen molar-refractivity contribution in [3.8, 4) is 11.3 Å². The molecule has 0 aliphatic heterocycles. The molecule has 1 aliphatic rings. The van der Waals surface area contributed by atoms with Crippen LogP contribution in [0.25, 0.3) is 22.3 Å². The second kappa shape index (κ2) is 4.74. The molecule has 1 saturated carbocycles. The second-order valence-electron chi connectivity index (χ2n) is 5.56. The Morgan fingerprint density at radius 3 is 2.80 bits per heavy atom. The SMILES string of the molecule is c1n[nH]cc1-c1[nH]nc2ncc(C3CCCCC3)cc12. The molecule has 0 spiro atoms. The van der Waals surface area contributed by atoms with Gasteiger partial charge in [0.25, 0.3) is 0 Å². The van der Waals surface area contributed by atoms with Crippen LogP contribution >= 0.6 is 0 Å². The fourth-order valence-corrected chi connectivity index (χ4v) is 3.18. The van der Waals surface area contributed by atoms with Crippen molar-refractivity contribution in [1.82, 2.24) is 25.4 Å². The van der Waals surface area contributed by atoms with E-state index in [1.54, 1.807) is 6.20 Å². The van der Waals surface area contributed by atoms with Gasteiger partial charge in [-0.3, -0.25) is 10.2 Å². The molecule has 20 heavy (non-hydrogen) atoms. The van der Waals surface area contributed by atoms with Gasteiger partial charge >= 0.3 is 0 Å². The van der Waals surface area contributed by atoms with Gasteiger partial charge in [-0.15, -0.1) is 0 Å². The van der Waals surface area contributed by atoms with Gasteiger partial charge in [0.1, 0.15) is 0 Å². The summed E-state index contributed by atoms with van der Waals surface area (Å²) in [5.41, 5.74) is 4.15. The van der Waals surface area contributed by atoms with Gasteiger partial charge in [-0.05, 0) is 30.4 Å². The van der Waals surface area contributed by atoms with Gasteiger partial charge in [0.2, 0.25) is 0 Å². The van der Waals surface area contributed by atoms with Crippen LogP contribution in [0.3, 0.4) is 0 Å². The number of nitrogens with one attached hydrogen (secondary N) is 2. The number of hydrogen-bond donors (Lipinski definition) is 2. The zero-order valence-electron chi connectivity index (χ0n) is 11.3. The first kappa shape index (κ1) is 11.6. The van der Waals surface area contributed by atoms with Crippen LogP contribution < -0.4 is 0 Å². The number of hydrogen-bond acceptors (Lipinski definition) is 3. The van der Waals surface area contributed by atoms with E-state index in [1.165, 1.54) is 37.7 Å². The minimum Gasteiger partial charge on any atom is -0.285 e. The first-order chi connectivity index (χ1) is 9.92. The third-order valence-corrected chi connectivity index (χ3v) is 4.29. The summed E-state index contributed by atoms with van der Waals surface area (Å²) in [6, 6.07) is 2.25. The van der Waals surface area contributed by atoms with Crippen LogP contribution in [-0.4, -0.2) is 25.4 Å². The quantitative estimate of drug-likeness (QED) is 0.747.